The molecule has 1 N–H and O–H groups in total. The maximum atomic E-state index is 12.6. The van der Waals surface area contributed by atoms with Crippen molar-refractivity contribution >= 4 is 5.91 Å². The second-order valence-corrected chi connectivity index (χ2v) is 6.56. The molecule has 0 saturated carbocycles. The van der Waals surface area contributed by atoms with Crippen LogP contribution in [-0.2, 0) is 0 Å². The van der Waals surface area contributed by atoms with Crippen LogP contribution in [0.25, 0.3) is 11.4 Å². The van der Waals surface area contributed by atoms with E-state index in [4.69, 9.17) is 0 Å². The number of carbonyl (C=O) groups is 1. The Kier molecular flexibility index (Phi) is 4.72. The standard InChI is InChI=1S/C21H20N6O/c1-15-11-12-23-27(15)20-9-5-18(6-10-20)21(28)25-16(2)17-3-7-19(8-4-17)26-14-22-13-24-26/h3-14,16H,1-2H3,(H,25,28)/t16-/m1/s1. The third-order valence-corrected chi connectivity index (χ3v) is 4.63. The van der Waals surface area contributed by atoms with Gasteiger partial charge in [-0.15, -0.1) is 0 Å². The van der Waals surface area contributed by atoms with Crippen LogP contribution in [0.5, 0.6) is 0 Å². The number of carbonyl (C=O) groups excluding carboxylic acids is 1. The molecule has 1 atom stereocenters. The molecule has 2 heterocycles. The number of hydrogen-bond donors (Lipinski definition) is 1. The van der Waals surface area contributed by atoms with E-state index in [-0.39, 0.29) is 11.9 Å². The summed E-state index contributed by atoms with van der Waals surface area (Å²) in [5.74, 6) is -0.114. The van der Waals surface area contributed by atoms with E-state index in [2.05, 4.69) is 20.5 Å². The highest BCUT2D eigenvalue weighted by Gasteiger charge is 2.12. The zero-order valence-corrected chi connectivity index (χ0v) is 15.6. The van der Waals surface area contributed by atoms with Crippen LogP contribution in [-0.4, -0.2) is 30.5 Å². The van der Waals surface area contributed by atoms with Gasteiger partial charge in [-0.2, -0.15) is 10.2 Å². The summed E-state index contributed by atoms with van der Waals surface area (Å²) in [5.41, 5.74) is 4.51. The van der Waals surface area contributed by atoms with Crippen molar-refractivity contribution in [2.24, 2.45) is 0 Å². The van der Waals surface area contributed by atoms with Crippen molar-refractivity contribution in [1.82, 2.24) is 29.9 Å². The molecule has 2 aromatic carbocycles. The highest BCUT2D eigenvalue weighted by atomic mass is 16.1. The van der Waals surface area contributed by atoms with Gasteiger partial charge in [-0.25, -0.2) is 14.3 Å². The Morgan fingerprint density at radius 2 is 1.68 bits per heavy atom. The summed E-state index contributed by atoms with van der Waals surface area (Å²) in [6.45, 7) is 3.95. The molecule has 0 radical (unpaired) electrons. The lowest BCUT2D eigenvalue weighted by atomic mass is 10.1. The Balaban J connectivity index is 1.43. The predicted octanol–water partition coefficient (Wildman–Crippen LogP) is 3.25. The van der Waals surface area contributed by atoms with Gasteiger partial charge in [0.2, 0.25) is 0 Å². The van der Waals surface area contributed by atoms with Gasteiger partial charge in [0.15, 0.2) is 0 Å². The highest BCUT2D eigenvalue weighted by molar-refractivity contribution is 5.94. The number of rotatable bonds is 5. The topological polar surface area (TPSA) is 77.6 Å². The number of nitrogens with one attached hydrogen (secondary N) is 1. The van der Waals surface area contributed by atoms with Gasteiger partial charge in [-0.1, -0.05) is 12.1 Å². The summed E-state index contributed by atoms with van der Waals surface area (Å²) in [6.07, 6.45) is 4.90. The highest BCUT2D eigenvalue weighted by Crippen LogP contribution is 2.17. The molecule has 4 rings (SSSR count). The van der Waals surface area contributed by atoms with Crippen LogP contribution in [0.1, 0.15) is 34.6 Å². The van der Waals surface area contributed by atoms with E-state index in [1.807, 2.05) is 73.1 Å². The molecule has 1 amide bonds. The van der Waals surface area contributed by atoms with E-state index >= 15 is 0 Å². The first kappa shape index (κ1) is 17.7. The van der Waals surface area contributed by atoms with Crippen molar-refractivity contribution in [1.29, 1.82) is 0 Å². The number of hydrogen-bond acceptors (Lipinski definition) is 4. The minimum atomic E-state index is -0.120. The van der Waals surface area contributed by atoms with Gasteiger partial charge in [0.05, 0.1) is 17.4 Å². The third kappa shape index (κ3) is 3.55. The molecule has 0 aliphatic carbocycles. The molecule has 0 spiro atoms. The lowest BCUT2D eigenvalue weighted by molar-refractivity contribution is 0.0940. The summed E-state index contributed by atoms with van der Waals surface area (Å²) in [5, 5.41) is 11.4. The average Bonchev–Trinajstić information content (AvgIpc) is 3.40. The lowest BCUT2D eigenvalue weighted by Crippen LogP contribution is -2.26. The number of aryl methyl sites for hydroxylation is 1. The zero-order valence-electron chi connectivity index (χ0n) is 15.6. The minimum absolute atomic E-state index is 0.114. The van der Waals surface area contributed by atoms with Gasteiger partial charge >= 0.3 is 0 Å². The molecule has 140 valence electrons. The van der Waals surface area contributed by atoms with E-state index in [1.54, 1.807) is 17.2 Å². The fourth-order valence-corrected chi connectivity index (χ4v) is 3.01. The van der Waals surface area contributed by atoms with Crippen LogP contribution in [0, 0.1) is 6.92 Å². The molecule has 0 aliphatic heterocycles. The van der Waals surface area contributed by atoms with Crippen molar-refractivity contribution < 1.29 is 4.79 Å². The monoisotopic (exact) mass is 372 g/mol. The number of benzene rings is 2. The zero-order chi connectivity index (χ0) is 19.5. The Morgan fingerprint density at radius 1 is 0.964 bits per heavy atom. The maximum absolute atomic E-state index is 12.6. The largest absolute Gasteiger partial charge is 0.346 e. The number of amides is 1. The number of aromatic nitrogens is 5. The molecule has 7 nitrogen and oxygen atoms in total. The molecule has 0 unspecified atom stereocenters. The summed E-state index contributed by atoms with van der Waals surface area (Å²) < 4.78 is 3.52. The maximum Gasteiger partial charge on any atom is 0.251 e. The van der Waals surface area contributed by atoms with E-state index in [0.29, 0.717) is 5.56 Å². The van der Waals surface area contributed by atoms with E-state index < -0.39 is 0 Å². The summed E-state index contributed by atoms with van der Waals surface area (Å²) in [6, 6.07) is 17.1. The van der Waals surface area contributed by atoms with Crippen molar-refractivity contribution in [2.45, 2.75) is 19.9 Å². The molecular formula is C21H20N6O. The molecule has 0 fully saturated rings. The van der Waals surface area contributed by atoms with Crippen molar-refractivity contribution in [2.75, 3.05) is 0 Å². The smallest absolute Gasteiger partial charge is 0.251 e. The molecule has 7 heteroatoms. The summed E-state index contributed by atoms with van der Waals surface area (Å²) in [4.78, 5) is 16.5. The first-order chi connectivity index (χ1) is 13.6. The minimum Gasteiger partial charge on any atom is -0.346 e. The molecule has 4 aromatic rings. The number of nitrogens with zero attached hydrogens (tertiary/aromatic N) is 5. The Labute approximate surface area is 162 Å². The fraction of sp³-hybridized carbons (Fsp3) is 0.143. The first-order valence-electron chi connectivity index (χ1n) is 8.99. The van der Waals surface area contributed by atoms with Crippen molar-refractivity contribution in [3.05, 3.63) is 90.3 Å². The second-order valence-electron chi connectivity index (χ2n) is 6.56. The molecule has 28 heavy (non-hydrogen) atoms. The van der Waals surface area contributed by atoms with Crippen LogP contribution in [0.15, 0.2) is 73.4 Å². The lowest BCUT2D eigenvalue weighted by Gasteiger charge is -2.15. The van der Waals surface area contributed by atoms with E-state index in [1.165, 1.54) is 6.33 Å². The van der Waals surface area contributed by atoms with Crippen LogP contribution >= 0.6 is 0 Å². The van der Waals surface area contributed by atoms with Gasteiger partial charge in [0.1, 0.15) is 12.7 Å². The normalized spacial score (nSPS) is 11.9. The quantitative estimate of drug-likeness (QED) is 0.583. The van der Waals surface area contributed by atoms with Gasteiger partial charge in [0.25, 0.3) is 5.91 Å². The first-order valence-corrected chi connectivity index (χ1v) is 8.99. The molecule has 0 saturated heterocycles. The van der Waals surface area contributed by atoms with Crippen LogP contribution in [0.4, 0.5) is 0 Å². The van der Waals surface area contributed by atoms with Crippen molar-refractivity contribution in [3.8, 4) is 11.4 Å². The van der Waals surface area contributed by atoms with E-state index in [9.17, 15) is 4.79 Å². The predicted molar refractivity (Wildman–Crippen MR) is 106 cm³/mol. The van der Waals surface area contributed by atoms with Crippen LogP contribution in [0.2, 0.25) is 0 Å². The van der Waals surface area contributed by atoms with Crippen LogP contribution < -0.4 is 5.32 Å². The van der Waals surface area contributed by atoms with Gasteiger partial charge in [-0.05, 0) is 61.9 Å². The third-order valence-electron chi connectivity index (χ3n) is 4.63. The Hall–Kier alpha value is -3.74. The molecule has 2 aromatic heterocycles. The summed E-state index contributed by atoms with van der Waals surface area (Å²) in [7, 11) is 0. The van der Waals surface area contributed by atoms with Gasteiger partial charge in [-0.3, -0.25) is 4.79 Å². The van der Waals surface area contributed by atoms with Gasteiger partial charge in [0, 0.05) is 17.5 Å². The van der Waals surface area contributed by atoms with Gasteiger partial charge < -0.3 is 5.32 Å². The second kappa shape index (κ2) is 7.48. The molecule has 0 aliphatic rings. The summed E-state index contributed by atoms with van der Waals surface area (Å²) >= 11 is 0. The average molecular weight is 372 g/mol. The Morgan fingerprint density at radius 3 is 2.29 bits per heavy atom. The van der Waals surface area contributed by atoms with Crippen LogP contribution in [0.3, 0.4) is 0 Å². The molecule has 0 bridgehead atoms. The fourth-order valence-electron chi connectivity index (χ4n) is 3.01. The van der Waals surface area contributed by atoms with Crippen molar-refractivity contribution in [3.63, 3.8) is 0 Å². The van der Waals surface area contributed by atoms with E-state index in [0.717, 1.165) is 22.6 Å². The Bertz CT molecular complexity index is 1070. The molecular weight excluding hydrogens is 352 g/mol. The SMILES string of the molecule is Cc1ccnn1-c1ccc(C(=O)N[C@H](C)c2ccc(-n3cncn3)cc2)cc1.